The van der Waals surface area contributed by atoms with Gasteiger partial charge in [0.25, 0.3) is 5.91 Å². The number of nitrogens with one attached hydrogen (secondary N) is 1. The molecule has 27 heavy (non-hydrogen) atoms. The van der Waals surface area contributed by atoms with E-state index in [2.05, 4.69) is 10.3 Å². The summed E-state index contributed by atoms with van der Waals surface area (Å²) in [7, 11) is 0. The summed E-state index contributed by atoms with van der Waals surface area (Å²) < 4.78 is 5.61. The van der Waals surface area contributed by atoms with Crippen molar-refractivity contribution in [2.45, 2.75) is 25.9 Å². The maximum atomic E-state index is 12.6. The van der Waals surface area contributed by atoms with E-state index in [0.717, 1.165) is 10.4 Å². The highest BCUT2D eigenvalue weighted by atomic mass is 32.1. The minimum absolute atomic E-state index is 0.0631. The molecular formula is C20H19N3O3S. The Morgan fingerprint density at radius 1 is 1.30 bits per heavy atom. The number of likely N-dealkylation sites (tertiary alicyclic amines) is 1. The first kappa shape index (κ1) is 17.5. The van der Waals surface area contributed by atoms with Gasteiger partial charge in [-0.05, 0) is 30.4 Å². The van der Waals surface area contributed by atoms with Crippen molar-refractivity contribution >= 4 is 23.2 Å². The average Bonchev–Trinajstić information content (AvgIpc) is 3.39. The van der Waals surface area contributed by atoms with Crippen molar-refractivity contribution < 1.29 is 14.0 Å². The number of thiophene rings is 1. The van der Waals surface area contributed by atoms with Crippen LogP contribution in [0, 0.1) is 6.92 Å². The molecule has 1 atom stereocenters. The van der Waals surface area contributed by atoms with Crippen molar-refractivity contribution in [3.05, 3.63) is 64.9 Å². The van der Waals surface area contributed by atoms with Crippen LogP contribution in [-0.4, -0.2) is 34.3 Å². The summed E-state index contributed by atoms with van der Waals surface area (Å²) >= 11 is 1.50. The number of benzene rings is 1. The lowest BCUT2D eigenvalue weighted by atomic mass is 10.2. The Labute approximate surface area is 160 Å². The fourth-order valence-electron chi connectivity index (χ4n) is 3.17. The summed E-state index contributed by atoms with van der Waals surface area (Å²) in [5, 5.41) is 4.73. The van der Waals surface area contributed by atoms with E-state index >= 15 is 0 Å². The van der Waals surface area contributed by atoms with Crippen molar-refractivity contribution in [1.29, 1.82) is 0 Å². The molecule has 6 nitrogen and oxygen atoms in total. The number of amides is 2. The predicted molar refractivity (Wildman–Crippen MR) is 102 cm³/mol. The predicted octanol–water partition coefficient (Wildman–Crippen LogP) is 3.24. The molecule has 138 valence electrons. The Hall–Kier alpha value is -2.93. The zero-order valence-corrected chi connectivity index (χ0v) is 15.7. The summed E-state index contributed by atoms with van der Waals surface area (Å²) in [6.07, 6.45) is 0.589. The Bertz CT molecular complexity index is 950. The van der Waals surface area contributed by atoms with Crippen LogP contribution in [0.4, 0.5) is 0 Å². The van der Waals surface area contributed by atoms with Crippen LogP contribution in [0.3, 0.4) is 0 Å². The molecule has 1 unspecified atom stereocenters. The molecule has 7 heteroatoms. The van der Waals surface area contributed by atoms with Gasteiger partial charge < -0.3 is 14.6 Å². The number of nitrogens with zero attached hydrogens (tertiary/aromatic N) is 2. The van der Waals surface area contributed by atoms with Gasteiger partial charge in [0.2, 0.25) is 11.8 Å². The molecule has 0 aliphatic carbocycles. The molecule has 0 bridgehead atoms. The van der Waals surface area contributed by atoms with Crippen LogP contribution in [0.1, 0.15) is 28.2 Å². The maximum Gasteiger partial charge on any atom is 0.274 e. The molecule has 0 saturated carbocycles. The lowest BCUT2D eigenvalue weighted by Gasteiger charge is -2.17. The quantitative estimate of drug-likeness (QED) is 0.736. The zero-order valence-electron chi connectivity index (χ0n) is 14.8. The zero-order chi connectivity index (χ0) is 18.8. The fourth-order valence-corrected chi connectivity index (χ4v) is 3.82. The number of carbonyl (C=O) groups is 2. The first-order valence-corrected chi connectivity index (χ1v) is 9.64. The summed E-state index contributed by atoms with van der Waals surface area (Å²) in [4.78, 5) is 32.2. The topological polar surface area (TPSA) is 75.4 Å². The van der Waals surface area contributed by atoms with Crippen molar-refractivity contribution in [3.63, 3.8) is 0 Å². The lowest BCUT2D eigenvalue weighted by Crippen LogP contribution is -2.41. The van der Waals surface area contributed by atoms with Crippen molar-refractivity contribution in [1.82, 2.24) is 15.2 Å². The number of aromatic nitrogens is 1. The minimum atomic E-state index is -0.525. The van der Waals surface area contributed by atoms with Gasteiger partial charge in [0.1, 0.15) is 11.8 Å². The normalized spacial score (nSPS) is 16.7. The second-order valence-corrected chi connectivity index (χ2v) is 7.41. The van der Waals surface area contributed by atoms with Crippen molar-refractivity contribution in [2.24, 2.45) is 0 Å². The maximum absolute atomic E-state index is 12.6. The standard InChI is InChI=1S/C20H19N3O3S/c1-13-17(22-19(26-13)16-8-5-11-27-16)18(24)21-15-9-10-23(20(15)25)12-14-6-3-2-4-7-14/h2-8,11,15H,9-10,12H2,1H3,(H,21,24). The Morgan fingerprint density at radius 2 is 2.11 bits per heavy atom. The van der Waals surface area contributed by atoms with E-state index in [9.17, 15) is 9.59 Å². The van der Waals surface area contributed by atoms with E-state index in [4.69, 9.17) is 4.42 Å². The van der Waals surface area contributed by atoms with Crippen LogP contribution in [0.5, 0.6) is 0 Å². The van der Waals surface area contributed by atoms with Crippen LogP contribution in [0.25, 0.3) is 10.8 Å². The SMILES string of the molecule is Cc1oc(-c2cccs2)nc1C(=O)NC1CCN(Cc2ccccc2)C1=O. The van der Waals surface area contributed by atoms with Crippen LogP contribution in [0.15, 0.2) is 52.3 Å². The second-order valence-electron chi connectivity index (χ2n) is 6.46. The molecule has 3 heterocycles. The minimum Gasteiger partial charge on any atom is -0.440 e. The van der Waals surface area contributed by atoms with Gasteiger partial charge >= 0.3 is 0 Å². The molecule has 2 amide bonds. The van der Waals surface area contributed by atoms with Crippen LogP contribution in [-0.2, 0) is 11.3 Å². The van der Waals surface area contributed by atoms with Gasteiger partial charge in [-0.3, -0.25) is 9.59 Å². The lowest BCUT2D eigenvalue weighted by molar-refractivity contribution is -0.129. The Morgan fingerprint density at radius 3 is 2.85 bits per heavy atom. The van der Waals surface area contributed by atoms with Gasteiger partial charge in [0.15, 0.2) is 5.69 Å². The molecule has 1 N–H and O–H groups in total. The van der Waals surface area contributed by atoms with E-state index in [1.54, 1.807) is 11.8 Å². The summed E-state index contributed by atoms with van der Waals surface area (Å²) in [5.41, 5.74) is 1.30. The Balaban J connectivity index is 1.42. The fraction of sp³-hybridized carbons (Fsp3) is 0.250. The molecule has 0 radical (unpaired) electrons. The van der Waals surface area contributed by atoms with E-state index in [1.165, 1.54) is 11.3 Å². The van der Waals surface area contributed by atoms with Crippen LogP contribution < -0.4 is 5.32 Å². The average molecular weight is 381 g/mol. The van der Waals surface area contributed by atoms with Crippen LogP contribution >= 0.6 is 11.3 Å². The number of oxazole rings is 1. The monoisotopic (exact) mass is 381 g/mol. The number of rotatable bonds is 5. The van der Waals surface area contributed by atoms with Gasteiger partial charge in [-0.15, -0.1) is 11.3 Å². The Kier molecular flexibility index (Phi) is 4.77. The van der Waals surface area contributed by atoms with E-state index in [0.29, 0.717) is 31.2 Å². The van der Waals surface area contributed by atoms with Gasteiger partial charge in [0.05, 0.1) is 4.88 Å². The molecule has 1 fully saturated rings. The van der Waals surface area contributed by atoms with Gasteiger partial charge in [0, 0.05) is 13.1 Å². The largest absolute Gasteiger partial charge is 0.440 e. The molecule has 1 aromatic carbocycles. The number of carbonyl (C=O) groups excluding carboxylic acids is 2. The summed E-state index contributed by atoms with van der Waals surface area (Å²) in [6.45, 7) is 2.88. The van der Waals surface area contributed by atoms with E-state index in [-0.39, 0.29) is 17.5 Å². The highest BCUT2D eigenvalue weighted by Crippen LogP contribution is 2.26. The molecule has 0 spiro atoms. The third kappa shape index (κ3) is 3.64. The molecule has 1 aliphatic rings. The van der Waals surface area contributed by atoms with E-state index in [1.807, 2.05) is 47.8 Å². The van der Waals surface area contributed by atoms with Crippen LogP contribution in [0.2, 0.25) is 0 Å². The summed E-state index contributed by atoms with van der Waals surface area (Å²) in [5.74, 6) is 0.435. The molecule has 1 aliphatic heterocycles. The molecule has 3 aromatic rings. The molecule has 4 rings (SSSR count). The molecule has 2 aromatic heterocycles. The summed E-state index contributed by atoms with van der Waals surface area (Å²) in [6, 6.07) is 13.1. The van der Waals surface area contributed by atoms with Gasteiger partial charge in [-0.1, -0.05) is 36.4 Å². The number of aryl methyl sites for hydroxylation is 1. The number of hydrogen-bond donors (Lipinski definition) is 1. The first-order valence-electron chi connectivity index (χ1n) is 8.76. The first-order chi connectivity index (χ1) is 13.1. The van der Waals surface area contributed by atoms with Crippen molar-refractivity contribution in [2.75, 3.05) is 6.54 Å². The van der Waals surface area contributed by atoms with Crippen molar-refractivity contribution in [3.8, 4) is 10.8 Å². The number of hydrogen-bond acceptors (Lipinski definition) is 5. The molecular weight excluding hydrogens is 362 g/mol. The third-order valence-electron chi connectivity index (χ3n) is 4.56. The highest BCUT2D eigenvalue weighted by Gasteiger charge is 2.33. The van der Waals surface area contributed by atoms with Gasteiger partial charge in [-0.25, -0.2) is 4.98 Å². The smallest absolute Gasteiger partial charge is 0.274 e. The highest BCUT2D eigenvalue weighted by molar-refractivity contribution is 7.13. The molecule has 1 saturated heterocycles. The third-order valence-corrected chi connectivity index (χ3v) is 5.42. The van der Waals surface area contributed by atoms with Gasteiger partial charge in [-0.2, -0.15) is 0 Å². The second kappa shape index (κ2) is 7.36. The van der Waals surface area contributed by atoms with E-state index < -0.39 is 6.04 Å².